The quantitative estimate of drug-likeness (QED) is 0.608. The summed E-state index contributed by atoms with van der Waals surface area (Å²) in [5, 5.41) is 9.90. The minimum atomic E-state index is 0.708. The molecule has 15 heavy (non-hydrogen) atoms. The molecule has 1 aromatic heterocycles. The van der Waals surface area contributed by atoms with Gasteiger partial charge in [0.05, 0.1) is 11.7 Å². The summed E-state index contributed by atoms with van der Waals surface area (Å²) in [6.45, 7) is 0. The fraction of sp³-hybridized carbons (Fsp3) is 0. The number of rotatable bonds is 1. The molecule has 72 valence electrons. The van der Waals surface area contributed by atoms with Crippen molar-refractivity contribution >= 4 is 28.0 Å². The van der Waals surface area contributed by atoms with Crippen molar-refractivity contribution < 1.29 is 4.79 Å². The van der Waals surface area contributed by atoms with Gasteiger partial charge in [-0.2, -0.15) is 5.10 Å². The molecule has 0 spiro atoms. The van der Waals surface area contributed by atoms with Crippen LogP contribution < -0.4 is 0 Å². The van der Waals surface area contributed by atoms with Crippen LogP contribution in [0, 0.1) is 0 Å². The molecule has 1 heterocycles. The number of hydrogen-bond donors (Lipinski definition) is 1. The summed E-state index contributed by atoms with van der Waals surface area (Å²) >= 11 is 0. The van der Waals surface area contributed by atoms with E-state index in [2.05, 4.69) is 10.2 Å². The standard InChI is InChI=1S/C12H8N2O/c15-7-9-5-8-6-13-14-12(8)11-4-2-1-3-10(9)11/h1-7H,(H,13,14). The van der Waals surface area contributed by atoms with E-state index in [9.17, 15) is 4.79 Å². The van der Waals surface area contributed by atoms with Crippen molar-refractivity contribution in [2.24, 2.45) is 0 Å². The number of hydrogen-bond acceptors (Lipinski definition) is 2. The van der Waals surface area contributed by atoms with Gasteiger partial charge in [0.15, 0.2) is 6.29 Å². The Balaban J connectivity index is 2.64. The summed E-state index contributed by atoms with van der Waals surface area (Å²) in [5.41, 5.74) is 1.69. The molecule has 0 radical (unpaired) electrons. The van der Waals surface area contributed by atoms with Crippen molar-refractivity contribution in [2.45, 2.75) is 0 Å². The third kappa shape index (κ3) is 1.06. The lowest BCUT2D eigenvalue weighted by Crippen LogP contribution is -1.84. The predicted molar refractivity (Wildman–Crippen MR) is 59.0 cm³/mol. The SMILES string of the molecule is O=Cc1cc2cn[nH]c2c2ccccc12. The number of carbonyl (C=O) groups excluding carboxylic acids is 1. The molecule has 0 aliphatic heterocycles. The maximum Gasteiger partial charge on any atom is 0.150 e. The van der Waals surface area contributed by atoms with Crippen LogP contribution in [0.25, 0.3) is 21.7 Å². The summed E-state index contributed by atoms with van der Waals surface area (Å²) < 4.78 is 0. The average Bonchev–Trinajstić information content (AvgIpc) is 2.76. The van der Waals surface area contributed by atoms with Crippen LogP contribution in [-0.2, 0) is 0 Å². The third-order valence-corrected chi connectivity index (χ3v) is 2.61. The lowest BCUT2D eigenvalue weighted by atomic mass is 10.0. The lowest BCUT2D eigenvalue weighted by Gasteiger charge is -2.01. The minimum Gasteiger partial charge on any atom is -0.298 e. The second kappa shape index (κ2) is 2.92. The van der Waals surface area contributed by atoms with Gasteiger partial charge in [0, 0.05) is 16.3 Å². The van der Waals surface area contributed by atoms with E-state index in [0.29, 0.717) is 5.56 Å². The molecule has 3 rings (SSSR count). The fourth-order valence-corrected chi connectivity index (χ4v) is 1.92. The summed E-state index contributed by atoms with van der Waals surface area (Å²) in [6.07, 6.45) is 2.61. The van der Waals surface area contributed by atoms with Crippen LogP contribution >= 0.6 is 0 Å². The summed E-state index contributed by atoms with van der Waals surface area (Å²) in [4.78, 5) is 11.0. The molecule has 0 amide bonds. The highest BCUT2D eigenvalue weighted by atomic mass is 16.1. The number of fused-ring (bicyclic) bond motifs is 3. The van der Waals surface area contributed by atoms with Gasteiger partial charge in [-0.15, -0.1) is 0 Å². The van der Waals surface area contributed by atoms with Gasteiger partial charge in [-0.25, -0.2) is 0 Å². The molecule has 0 saturated heterocycles. The van der Waals surface area contributed by atoms with Crippen molar-refractivity contribution in [2.75, 3.05) is 0 Å². The first-order valence-corrected chi connectivity index (χ1v) is 4.70. The van der Waals surface area contributed by atoms with Crippen molar-refractivity contribution in [3.8, 4) is 0 Å². The minimum absolute atomic E-state index is 0.708. The molecule has 2 aromatic carbocycles. The van der Waals surface area contributed by atoms with Gasteiger partial charge in [0.25, 0.3) is 0 Å². The summed E-state index contributed by atoms with van der Waals surface area (Å²) in [6, 6.07) is 9.67. The second-order valence-corrected chi connectivity index (χ2v) is 3.46. The number of nitrogens with one attached hydrogen (secondary N) is 1. The van der Waals surface area contributed by atoms with Crippen LogP contribution in [0.3, 0.4) is 0 Å². The number of aldehydes is 1. The molecular weight excluding hydrogens is 188 g/mol. The van der Waals surface area contributed by atoms with Gasteiger partial charge >= 0.3 is 0 Å². The number of nitrogens with zero attached hydrogens (tertiary/aromatic N) is 1. The molecule has 0 bridgehead atoms. The lowest BCUT2D eigenvalue weighted by molar-refractivity contribution is 0.112. The highest BCUT2D eigenvalue weighted by molar-refractivity contribution is 6.11. The van der Waals surface area contributed by atoms with E-state index in [-0.39, 0.29) is 0 Å². The Morgan fingerprint density at radius 2 is 2.00 bits per heavy atom. The van der Waals surface area contributed by atoms with Gasteiger partial charge in [0.1, 0.15) is 0 Å². The second-order valence-electron chi connectivity index (χ2n) is 3.46. The van der Waals surface area contributed by atoms with E-state index < -0.39 is 0 Å². The van der Waals surface area contributed by atoms with Gasteiger partial charge in [-0.1, -0.05) is 24.3 Å². The third-order valence-electron chi connectivity index (χ3n) is 2.61. The number of aromatic nitrogens is 2. The van der Waals surface area contributed by atoms with E-state index in [1.165, 1.54) is 0 Å². The fourth-order valence-electron chi connectivity index (χ4n) is 1.92. The highest BCUT2D eigenvalue weighted by Gasteiger charge is 2.06. The Hall–Kier alpha value is -2.16. The topological polar surface area (TPSA) is 45.8 Å². The Labute approximate surface area is 85.7 Å². The number of carbonyl (C=O) groups is 1. The monoisotopic (exact) mass is 196 g/mol. The van der Waals surface area contributed by atoms with Crippen molar-refractivity contribution in [1.82, 2.24) is 10.2 Å². The average molecular weight is 196 g/mol. The van der Waals surface area contributed by atoms with Gasteiger partial charge in [-0.3, -0.25) is 9.89 Å². The van der Waals surface area contributed by atoms with E-state index in [0.717, 1.165) is 28.0 Å². The first-order chi connectivity index (χ1) is 7.40. The summed E-state index contributed by atoms with van der Waals surface area (Å²) in [7, 11) is 0. The Morgan fingerprint density at radius 1 is 1.20 bits per heavy atom. The van der Waals surface area contributed by atoms with Crippen LogP contribution in [-0.4, -0.2) is 16.5 Å². The van der Waals surface area contributed by atoms with Crippen LogP contribution in [0.2, 0.25) is 0 Å². The van der Waals surface area contributed by atoms with E-state index in [4.69, 9.17) is 0 Å². The van der Waals surface area contributed by atoms with Crippen LogP contribution in [0.1, 0.15) is 10.4 Å². The Bertz CT molecular complexity index is 655. The molecule has 0 unspecified atom stereocenters. The van der Waals surface area contributed by atoms with Gasteiger partial charge in [0.2, 0.25) is 0 Å². The molecule has 0 aliphatic rings. The maximum absolute atomic E-state index is 11.0. The molecule has 3 heteroatoms. The van der Waals surface area contributed by atoms with Crippen molar-refractivity contribution in [1.29, 1.82) is 0 Å². The zero-order chi connectivity index (χ0) is 10.3. The van der Waals surface area contributed by atoms with E-state index in [1.54, 1.807) is 6.20 Å². The van der Waals surface area contributed by atoms with Crippen molar-refractivity contribution in [3.05, 3.63) is 42.1 Å². The van der Waals surface area contributed by atoms with Gasteiger partial charge in [-0.05, 0) is 11.5 Å². The zero-order valence-corrected chi connectivity index (χ0v) is 7.90. The Kier molecular flexibility index (Phi) is 1.59. The molecule has 1 N–H and O–H groups in total. The highest BCUT2D eigenvalue weighted by Crippen LogP contribution is 2.25. The Morgan fingerprint density at radius 3 is 2.80 bits per heavy atom. The first-order valence-electron chi connectivity index (χ1n) is 4.70. The number of benzene rings is 2. The van der Waals surface area contributed by atoms with Crippen LogP contribution in [0.5, 0.6) is 0 Å². The van der Waals surface area contributed by atoms with Crippen LogP contribution in [0.4, 0.5) is 0 Å². The van der Waals surface area contributed by atoms with E-state index in [1.807, 2.05) is 30.3 Å². The van der Waals surface area contributed by atoms with Crippen molar-refractivity contribution in [3.63, 3.8) is 0 Å². The molecule has 3 aromatic rings. The largest absolute Gasteiger partial charge is 0.298 e. The molecular formula is C12H8N2O. The van der Waals surface area contributed by atoms with Crippen LogP contribution in [0.15, 0.2) is 36.5 Å². The number of H-pyrrole nitrogens is 1. The zero-order valence-electron chi connectivity index (χ0n) is 7.90. The molecule has 0 aliphatic carbocycles. The molecule has 0 fully saturated rings. The van der Waals surface area contributed by atoms with Gasteiger partial charge < -0.3 is 0 Å². The predicted octanol–water partition coefficient (Wildman–Crippen LogP) is 2.53. The normalized spacial score (nSPS) is 10.9. The smallest absolute Gasteiger partial charge is 0.150 e. The molecule has 0 saturated carbocycles. The molecule has 0 atom stereocenters. The molecule has 3 nitrogen and oxygen atoms in total. The first kappa shape index (κ1) is 8.17. The summed E-state index contributed by atoms with van der Waals surface area (Å²) in [5.74, 6) is 0. The maximum atomic E-state index is 11.0. The number of aromatic amines is 1. The van der Waals surface area contributed by atoms with E-state index >= 15 is 0 Å².